The summed E-state index contributed by atoms with van der Waals surface area (Å²) in [5.41, 5.74) is 3.45. The van der Waals surface area contributed by atoms with Crippen molar-refractivity contribution in [1.29, 1.82) is 0 Å². The van der Waals surface area contributed by atoms with Gasteiger partial charge in [0, 0.05) is 54.4 Å². The molecule has 1 aliphatic heterocycles. The van der Waals surface area contributed by atoms with Crippen LogP contribution in [0.2, 0.25) is 0 Å². The fourth-order valence-electron chi connectivity index (χ4n) is 3.96. The Labute approximate surface area is 193 Å². The zero-order valence-electron chi connectivity index (χ0n) is 18.1. The van der Waals surface area contributed by atoms with E-state index in [1.165, 1.54) is 16.0 Å². The highest BCUT2D eigenvalue weighted by Crippen LogP contribution is 2.41. The van der Waals surface area contributed by atoms with Gasteiger partial charge in [0.15, 0.2) is 5.82 Å². The molecule has 0 bridgehead atoms. The molecule has 0 saturated carbocycles. The molecule has 0 atom stereocenters. The van der Waals surface area contributed by atoms with E-state index in [0.29, 0.717) is 37.6 Å². The topological polar surface area (TPSA) is 97.0 Å². The number of fused-ring (bicyclic) bond motifs is 2. The van der Waals surface area contributed by atoms with Crippen LogP contribution in [0.15, 0.2) is 23.0 Å². The molecular weight excluding hydrogens is 444 g/mol. The number of pyridine rings is 1. The summed E-state index contributed by atoms with van der Waals surface area (Å²) in [5, 5.41) is 8.37. The second kappa shape index (κ2) is 9.14. The SMILES string of the molecule is Cc1nc(CN(C)CCC(=O)Cc2sc3c(c2-c2nc4cnccc4s2)CCNC3)no1. The molecule has 0 amide bonds. The normalized spacial score (nSPS) is 13.7. The molecule has 32 heavy (non-hydrogen) atoms. The van der Waals surface area contributed by atoms with Crippen molar-refractivity contribution in [2.75, 3.05) is 20.1 Å². The smallest absolute Gasteiger partial charge is 0.223 e. The molecule has 8 nitrogen and oxygen atoms in total. The van der Waals surface area contributed by atoms with E-state index in [1.54, 1.807) is 35.8 Å². The van der Waals surface area contributed by atoms with Crippen molar-refractivity contribution < 1.29 is 9.32 Å². The number of hydrogen-bond donors (Lipinski definition) is 1. The molecule has 5 heterocycles. The van der Waals surface area contributed by atoms with Gasteiger partial charge in [0.25, 0.3) is 0 Å². The van der Waals surface area contributed by atoms with Gasteiger partial charge in [-0.1, -0.05) is 5.16 Å². The molecule has 0 radical (unpaired) electrons. The van der Waals surface area contributed by atoms with Crippen LogP contribution in [0, 0.1) is 6.92 Å². The zero-order chi connectivity index (χ0) is 22.1. The van der Waals surface area contributed by atoms with Gasteiger partial charge in [-0.05, 0) is 31.6 Å². The number of ketones is 1. The first kappa shape index (κ1) is 21.3. The Kier molecular flexibility index (Phi) is 6.09. The summed E-state index contributed by atoms with van der Waals surface area (Å²) in [6, 6.07) is 2.00. The summed E-state index contributed by atoms with van der Waals surface area (Å²) < 4.78 is 6.14. The summed E-state index contributed by atoms with van der Waals surface area (Å²) in [4.78, 5) is 30.7. The summed E-state index contributed by atoms with van der Waals surface area (Å²) in [5.74, 6) is 1.43. The number of aryl methyl sites for hydroxylation is 1. The van der Waals surface area contributed by atoms with Crippen LogP contribution in [0.25, 0.3) is 20.8 Å². The van der Waals surface area contributed by atoms with Gasteiger partial charge in [0.05, 0.1) is 17.4 Å². The van der Waals surface area contributed by atoms with Crippen molar-refractivity contribution in [3.05, 3.63) is 45.5 Å². The lowest BCUT2D eigenvalue weighted by Crippen LogP contribution is -2.22. The van der Waals surface area contributed by atoms with Crippen LogP contribution in [0.5, 0.6) is 0 Å². The lowest BCUT2D eigenvalue weighted by atomic mass is 10.0. The number of carbonyl (C=O) groups excluding carboxylic acids is 1. The summed E-state index contributed by atoms with van der Waals surface area (Å²) in [6.07, 6.45) is 5.50. The Morgan fingerprint density at radius 1 is 1.31 bits per heavy atom. The maximum Gasteiger partial charge on any atom is 0.223 e. The molecule has 1 aliphatic rings. The molecule has 0 aliphatic carbocycles. The molecule has 1 N–H and O–H groups in total. The molecule has 5 rings (SSSR count). The van der Waals surface area contributed by atoms with Gasteiger partial charge < -0.3 is 9.84 Å². The minimum Gasteiger partial charge on any atom is -0.340 e. The molecule has 0 unspecified atom stereocenters. The second-order valence-corrected chi connectivity index (χ2v) is 10.2. The molecule has 0 spiro atoms. The first-order valence-corrected chi connectivity index (χ1v) is 12.2. The zero-order valence-corrected chi connectivity index (χ0v) is 19.7. The summed E-state index contributed by atoms with van der Waals surface area (Å²) in [6.45, 7) is 4.81. The number of carbonyl (C=O) groups is 1. The van der Waals surface area contributed by atoms with Gasteiger partial charge in [-0.3, -0.25) is 14.7 Å². The molecule has 10 heteroatoms. The number of nitrogens with zero attached hydrogens (tertiary/aromatic N) is 5. The van der Waals surface area contributed by atoms with E-state index in [4.69, 9.17) is 9.51 Å². The molecule has 0 saturated heterocycles. The fraction of sp³-hybridized carbons (Fsp3) is 0.409. The van der Waals surface area contributed by atoms with Crippen molar-refractivity contribution in [2.24, 2.45) is 0 Å². The third-order valence-electron chi connectivity index (χ3n) is 5.52. The van der Waals surface area contributed by atoms with Gasteiger partial charge in [0.2, 0.25) is 5.89 Å². The van der Waals surface area contributed by atoms with Gasteiger partial charge in [0.1, 0.15) is 16.3 Å². The Bertz CT molecular complexity index is 1230. The van der Waals surface area contributed by atoms with Crippen molar-refractivity contribution in [3.63, 3.8) is 0 Å². The van der Waals surface area contributed by atoms with Crippen LogP contribution < -0.4 is 5.32 Å². The largest absolute Gasteiger partial charge is 0.340 e. The summed E-state index contributed by atoms with van der Waals surface area (Å²) in [7, 11) is 1.97. The molecule has 0 fully saturated rings. The van der Waals surface area contributed by atoms with Gasteiger partial charge in [-0.2, -0.15) is 4.98 Å². The minimum absolute atomic E-state index is 0.233. The molecule has 166 valence electrons. The lowest BCUT2D eigenvalue weighted by molar-refractivity contribution is -0.118. The predicted molar refractivity (Wildman–Crippen MR) is 125 cm³/mol. The third kappa shape index (κ3) is 4.49. The standard InChI is InChI=1S/C22H24N6O2S2/c1-13-25-20(27-30-13)12-28(2)8-5-14(29)9-18-21(15-3-6-24-11-19(15)31-18)22-26-16-10-23-7-4-17(16)32-22/h4,7,10,24H,3,5-6,8-9,11-12H2,1-2H3. The van der Waals surface area contributed by atoms with Crippen molar-refractivity contribution in [2.45, 2.75) is 39.3 Å². The van der Waals surface area contributed by atoms with E-state index >= 15 is 0 Å². The monoisotopic (exact) mass is 468 g/mol. The fourth-order valence-corrected chi connectivity index (χ4v) is 6.41. The molecule has 4 aromatic rings. The van der Waals surface area contributed by atoms with Crippen LogP contribution in [0.1, 0.15) is 33.5 Å². The average molecular weight is 469 g/mol. The first-order chi connectivity index (χ1) is 15.6. The quantitative estimate of drug-likeness (QED) is 0.420. The highest BCUT2D eigenvalue weighted by atomic mass is 32.1. The highest BCUT2D eigenvalue weighted by Gasteiger charge is 2.25. The Hall–Kier alpha value is -2.53. The number of thiazole rings is 1. The Morgan fingerprint density at radius 2 is 2.22 bits per heavy atom. The molecule has 4 aromatic heterocycles. The number of hydrogen-bond acceptors (Lipinski definition) is 10. The van der Waals surface area contributed by atoms with Crippen LogP contribution >= 0.6 is 22.7 Å². The number of thiophene rings is 1. The van der Waals surface area contributed by atoms with Gasteiger partial charge >= 0.3 is 0 Å². The summed E-state index contributed by atoms with van der Waals surface area (Å²) >= 11 is 3.44. The van der Waals surface area contributed by atoms with Gasteiger partial charge in [-0.15, -0.1) is 22.7 Å². The first-order valence-electron chi connectivity index (χ1n) is 10.6. The van der Waals surface area contributed by atoms with E-state index in [-0.39, 0.29) is 5.78 Å². The maximum absolute atomic E-state index is 12.9. The molecule has 0 aromatic carbocycles. The second-order valence-electron chi connectivity index (χ2n) is 8.02. The maximum atomic E-state index is 12.9. The number of rotatable bonds is 8. The Morgan fingerprint density at radius 3 is 3.03 bits per heavy atom. The van der Waals surface area contributed by atoms with Crippen molar-refractivity contribution >= 4 is 38.7 Å². The number of nitrogens with one attached hydrogen (secondary N) is 1. The minimum atomic E-state index is 0.233. The predicted octanol–water partition coefficient (Wildman–Crippen LogP) is 3.39. The van der Waals surface area contributed by atoms with Crippen LogP contribution in [0.4, 0.5) is 0 Å². The van der Waals surface area contributed by atoms with E-state index in [1.807, 2.05) is 24.2 Å². The third-order valence-corrected chi connectivity index (χ3v) is 7.80. The highest BCUT2D eigenvalue weighted by molar-refractivity contribution is 7.22. The average Bonchev–Trinajstić information content (AvgIpc) is 3.48. The van der Waals surface area contributed by atoms with E-state index in [0.717, 1.165) is 39.6 Å². The Balaban J connectivity index is 1.33. The van der Waals surface area contributed by atoms with Crippen molar-refractivity contribution in [1.82, 2.24) is 30.3 Å². The van der Waals surface area contributed by atoms with E-state index in [9.17, 15) is 4.79 Å². The number of aromatic nitrogens is 4. The lowest BCUT2D eigenvalue weighted by Gasteiger charge is -2.14. The van der Waals surface area contributed by atoms with E-state index in [2.05, 4.69) is 20.4 Å². The van der Waals surface area contributed by atoms with Crippen LogP contribution in [-0.2, 0) is 30.7 Å². The molecular formula is C22H24N6O2S2. The number of Topliss-reactive ketones (excluding diaryl/α,β-unsaturated/α-hetero) is 1. The van der Waals surface area contributed by atoms with Crippen molar-refractivity contribution in [3.8, 4) is 10.6 Å². The van der Waals surface area contributed by atoms with Crippen LogP contribution in [-0.4, -0.2) is 50.9 Å². The van der Waals surface area contributed by atoms with Gasteiger partial charge in [-0.25, -0.2) is 4.98 Å². The van der Waals surface area contributed by atoms with E-state index < -0.39 is 0 Å². The van der Waals surface area contributed by atoms with Crippen LogP contribution in [0.3, 0.4) is 0 Å².